The van der Waals surface area contributed by atoms with E-state index in [1.165, 1.54) is 18.2 Å². The van der Waals surface area contributed by atoms with Crippen LogP contribution in [0.1, 0.15) is 18.6 Å². The van der Waals surface area contributed by atoms with Gasteiger partial charge in [-0.05, 0) is 24.6 Å². The maximum absolute atomic E-state index is 11.9. The summed E-state index contributed by atoms with van der Waals surface area (Å²) in [6.07, 6.45) is -5.17. The fourth-order valence-electron chi connectivity index (χ4n) is 1.04. The highest BCUT2D eigenvalue weighted by atomic mass is 19.4. The summed E-state index contributed by atoms with van der Waals surface area (Å²) in [7, 11) is 0. The molecule has 0 aliphatic rings. The Hall–Kier alpha value is -1.27. The van der Waals surface area contributed by atoms with Gasteiger partial charge in [0.2, 0.25) is 0 Å². The van der Waals surface area contributed by atoms with Crippen molar-refractivity contribution in [2.45, 2.75) is 19.4 Å². The van der Waals surface area contributed by atoms with Crippen molar-refractivity contribution < 1.29 is 22.7 Å². The lowest BCUT2D eigenvalue weighted by Gasteiger charge is -2.12. The number of nitrogens with two attached hydrogens (primary N) is 1. The van der Waals surface area contributed by atoms with Gasteiger partial charge in [0, 0.05) is 0 Å². The Morgan fingerprint density at radius 1 is 1.33 bits per heavy atom. The molecule has 0 aliphatic carbocycles. The van der Waals surface area contributed by atoms with Crippen molar-refractivity contribution in [3.05, 3.63) is 29.8 Å². The van der Waals surface area contributed by atoms with Gasteiger partial charge in [-0.25, -0.2) is 5.90 Å². The fourth-order valence-corrected chi connectivity index (χ4v) is 1.04. The molecule has 15 heavy (non-hydrogen) atoms. The summed E-state index contributed by atoms with van der Waals surface area (Å²) in [6, 6.07) is 5.47. The monoisotopic (exact) mass is 221 g/mol. The zero-order chi connectivity index (χ0) is 11.5. The molecule has 0 fully saturated rings. The summed E-state index contributed by atoms with van der Waals surface area (Å²) < 4.78 is 39.4. The molecule has 0 aliphatic heterocycles. The van der Waals surface area contributed by atoms with Crippen LogP contribution in [0, 0.1) is 0 Å². The smallest absolute Gasteiger partial charge is 0.406 e. The molecule has 0 amide bonds. The predicted molar refractivity (Wildman–Crippen MR) is 46.8 cm³/mol. The molecule has 0 radical (unpaired) electrons. The van der Waals surface area contributed by atoms with E-state index in [2.05, 4.69) is 9.57 Å². The number of rotatable bonds is 3. The Morgan fingerprint density at radius 2 is 2.00 bits per heavy atom. The second-order valence-electron chi connectivity index (χ2n) is 2.90. The summed E-state index contributed by atoms with van der Waals surface area (Å²) in [4.78, 5) is 4.48. The van der Waals surface area contributed by atoms with Gasteiger partial charge in [0.15, 0.2) is 0 Å². The summed E-state index contributed by atoms with van der Waals surface area (Å²) in [5, 5.41) is 0. The van der Waals surface area contributed by atoms with E-state index in [4.69, 9.17) is 5.90 Å². The average molecular weight is 221 g/mol. The molecular formula is C9H10F3NO2. The molecule has 1 atom stereocenters. The van der Waals surface area contributed by atoms with Gasteiger partial charge in [0.1, 0.15) is 11.9 Å². The van der Waals surface area contributed by atoms with Crippen LogP contribution in [0.2, 0.25) is 0 Å². The molecule has 1 unspecified atom stereocenters. The van der Waals surface area contributed by atoms with E-state index < -0.39 is 12.5 Å². The highest BCUT2D eigenvalue weighted by molar-refractivity contribution is 5.29. The number of ether oxygens (including phenoxy) is 1. The SMILES string of the molecule is CC(ON)c1cccc(OC(F)(F)F)c1. The van der Waals surface area contributed by atoms with Crippen LogP contribution in [-0.4, -0.2) is 6.36 Å². The molecule has 1 aromatic rings. The molecule has 1 rings (SSSR count). The van der Waals surface area contributed by atoms with E-state index in [-0.39, 0.29) is 5.75 Å². The van der Waals surface area contributed by atoms with Gasteiger partial charge in [0.05, 0.1) is 0 Å². The molecule has 84 valence electrons. The number of benzene rings is 1. The summed E-state index contributed by atoms with van der Waals surface area (Å²) in [6.45, 7) is 1.62. The largest absolute Gasteiger partial charge is 0.573 e. The van der Waals surface area contributed by atoms with Crippen molar-refractivity contribution in [3.8, 4) is 5.75 Å². The Labute approximate surface area is 84.5 Å². The molecule has 0 saturated heterocycles. The Kier molecular flexibility index (Phi) is 3.54. The second-order valence-corrected chi connectivity index (χ2v) is 2.90. The van der Waals surface area contributed by atoms with E-state index in [1.807, 2.05) is 0 Å². The van der Waals surface area contributed by atoms with Gasteiger partial charge in [-0.3, -0.25) is 4.84 Å². The zero-order valence-electron chi connectivity index (χ0n) is 7.91. The Morgan fingerprint density at radius 3 is 2.53 bits per heavy atom. The molecule has 0 aromatic heterocycles. The molecule has 0 bridgehead atoms. The van der Waals surface area contributed by atoms with Crippen LogP contribution in [0.4, 0.5) is 13.2 Å². The lowest BCUT2D eigenvalue weighted by atomic mass is 10.1. The van der Waals surface area contributed by atoms with Gasteiger partial charge >= 0.3 is 6.36 Å². The van der Waals surface area contributed by atoms with Crippen LogP contribution in [0.5, 0.6) is 5.75 Å². The summed E-state index contributed by atoms with van der Waals surface area (Å²) >= 11 is 0. The Balaban J connectivity index is 2.83. The third-order valence-electron chi connectivity index (χ3n) is 1.77. The molecule has 0 heterocycles. The quantitative estimate of drug-likeness (QED) is 0.797. The van der Waals surface area contributed by atoms with Crippen LogP contribution < -0.4 is 10.6 Å². The first-order valence-corrected chi connectivity index (χ1v) is 4.13. The topological polar surface area (TPSA) is 44.5 Å². The van der Waals surface area contributed by atoms with Crippen LogP contribution in [0.25, 0.3) is 0 Å². The fraction of sp³-hybridized carbons (Fsp3) is 0.333. The van der Waals surface area contributed by atoms with Gasteiger partial charge in [0.25, 0.3) is 0 Å². The maximum atomic E-state index is 11.9. The molecule has 2 N–H and O–H groups in total. The molecule has 1 aromatic carbocycles. The number of alkyl halides is 3. The zero-order valence-corrected chi connectivity index (χ0v) is 7.91. The predicted octanol–water partition coefficient (Wildman–Crippen LogP) is 2.54. The van der Waals surface area contributed by atoms with E-state index in [9.17, 15) is 13.2 Å². The molecule has 0 spiro atoms. The van der Waals surface area contributed by atoms with Gasteiger partial charge in [-0.1, -0.05) is 12.1 Å². The van der Waals surface area contributed by atoms with Crippen molar-refractivity contribution >= 4 is 0 Å². The minimum Gasteiger partial charge on any atom is -0.406 e. The molecule has 6 heteroatoms. The lowest BCUT2D eigenvalue weighted by molar-refractivity contribution is -0.274. The lowest BCUT2D eigenvalue weighted by Crippen LogP contribution is -2.17. The molecule has 0 saturated carbocycles. The Bertz CT molecular complexity index is 327. The van der Waals surface area contributed by atoms with E-state index >= 15 is 0 Å². The summed E-state index contributed by atoms with van der Waals surface area (Å²) in [5.41, 5.74) is 0.513. The van der Waals surface area contributed by atoms with Crippen molar-refractivity contribution in [2.24, 2.45) is 5.90 Å². The third kappa shape index (κ3) is 3.77. The standard InChI is InChI=1S/C9H10F3NO2/c1-6(15-13)7-3-2-4-8(5-7)14-9(10,11)12/h2-6H,13H2,1H3. The van der Waals surface area contributed by atoms with Crippen LogP contribution in [0.3, 0.4) is 0 Å². The number of hydrogen-bond donors (Lipinski definition) is 1. The van der Waals surface area contributed by atoms with E-state index in [0.717, 1.165) is 0 Å². The second kappa shape index (κ2) is 4.50. The van der Waals surface area contributed by atoms with Crippen molar-refractivity contribution in [2.75, 3.05) is 0 Å². The first-order chi connectivity index (χ1) is 6.92. The highest BCUT2D eigenvalue weighted by Gasteiger charge is 2.31. The van der Waals surface area contributed by atoms with E-state index in [1.54, 1.807) is 13.0 Å². The first kappa shape index (κ1) is 11.8. The first-order valence-electron chi connectivity index (χ1n) is 4.13. The van der Waals surface area contributed by atoms with Crippen molar-refractivity contribution in [1.29, 1.82) is 0 Å². The van der Waals surface area contributed by atoms with Crippen molar-refractivity contribution in [3.63, 3.8) is 0 Å². The van der Waals surface area contributed by atoms with Crippen LogP contribution in [0.15, 0.2) is 24.3 Å². The maximum Gasteiger partial charge on any atom is 0.573 e. The van der Waals surface area contributed by atoms with Gasteiger partial charge in [-0.15, -0.1) is 13.2 Å². The van der Waals surface area contributed by atoms with Crippen LogP contribution >= 0.6 is 0 Å². The minimum atomic E-state index is -4.69. The normalized spacial score (nSPS) is 13.7. The third-order valence-corrected chi connectivity index (χ3v) is 1.77. The van der Waals surface area contributed by atoms with Gasteiger partial charge < -0.3 is 4.74 Å². The van der Waals surface area contributed by atoms with Crippen LogP contribution in [-0.2, 0) is 4.84 Å². The van der Waals surface area contributed by atoms with Crippen molar-refractivity contribution in [1.82, 2.24) is 0 Å². The van der Waals surface area contributed by atoms with Gasteiger partial charge in [-0.2, -0.15) is 0 Å². The highest BCUT2D eigenvalue weighted by Crippen LogP contribution is 2.25. The number of hydrogen-bond acceptors (Lipinski definition) is 3. The molecule has 3 nitrogen and oxygen atoms in total. The molecular weight excluding hydrogens is 211 g/mol. The number of halogens is 3. The average Bonchev–Trinajstić information content (AvgIpc) is 2.14. The summed E-state index contributed by atoms with van der Waals surface area (Å²) in [5.74, 6) is 4.63. The minimum absolute atomic E-state index is 0.288. The van der Waals surface area contributed by atoms with E-state index in [0.29, 0.717) is 5.56 Å².